The van der Waals surface area contributed by atoms with E-state index in [2.05, 4.69) is 24.1 Å². The molecule has 1 aromatic carbocycles. The van der Waals surface area contributed by atoms with E-state index in [-0.39, 0.29) is 30.0 Å². The summed E-state index contributed by atoms with van der Waals surface area (Å²) < 4.78 is 0.918. The molecule has 2 N–H and O–H groups in total. The Morgan fingerprint density at radius 3 is 2.40 bits per heavy atom. The van der Waals surface area contributed by atoms with Gasteiger partial charge in [-0.15, -0.1) is 5.11 Å². The normalized spacial score (nSPS) is 11.2. The smallest absolute Gasteiger partial charge is 0.281 e. The summed E-state index contributed by atoms with van der Waals surface area (Å²) in [7, 11) is 0. The van der Waals surface area contributed by atoms with Crippen molar-refractivity contribution >= 4 is 11.4 Å². The molecule has 0 aliphatic carbocycles. The van der Waals surface area contributed by atoms with Gasteiger partial charge in [-0.2, -0.15) is 10.4 Å². The summed E-state index contributed by atoms with van der Waals surface area (Å²) in [5.74, 6) is -0.0755. The van der Waals surface area contributed by atoms with Gasteiger partial charge in [0, 0.05) is 5.56 Å². The van der Waals surface area contributed by atoms with Crippen molar-refractivity contribution in [2.24, 2.45) is 10.2 Å². The largest absolute Gasteiger partial charge is 0.493 e. The predicted molar refractivity (Wildman–Crippen MR) is 93.6 cm³/mol. The van der Waals surface area contributed by atoms with Crippen molar-refractivity contribution < 1.29 is 10.2 Å². The lowest BCUT2D eigenvalue weighted by Gasteiger charge is -2.11. The lowest BCUT2D eigenvalue weighted by molar-refractivity contribution is 0.263. The van der Waals surface area contributed by atoms with Gasteiger partial charge in [0.25, 0.3) is 5.56 Å². The molecule has 0 aliphatic heterocycles. The Hall–Kier alpha value is -2.98. The summed E-state index contributed by atoms with van der Waals surface area (Å²) in [5, 5.41) is 36.4. The lowest BCUT2D eigenvalue weighted by Crippen LogP contribution is -2.23. The van der Waals surface area contributed by atoms with Crippen LogP contribution >= 0.6 is 0 Å². The van der Waals surface area contributed by atoms with Crippen LogP contribution in [-0.4, -0.2) is 21.4 Å². The monoisotopic (exact) mass is 340 g/mol. The van der Waals surface area contributed by atoms with E-state index >= 15 is 0 Å². The van der Waals surface area contributed by atoms with E-state index in [1.165, 1.54) is 6.92 Å². The van der Waals surface area contributed by atoms with Gasteiger partial charge in [0.2, 0.25) is 5.88 Å². The van der Waals surface area contributed by atoms with Crippen molar-refractivity contribution in [3.8, 4) is 11.9 Å². The van der Waals surface area contributed by atoms with Crippen molar-refractivity contribution in [1.82, 2.24) is 4.57 Å². The number of benzene rings is 1. The molecule has 2 aromatic rings. The Morgan fingerprint density at radius 2 is 1.88 bits per heavy atom. The molecule has 0 aliphatic rings. The Bertz CT molecular complexity index is 891. The molecule has 0 amide bonds. The molecule has 7 nitrogen and oxygen atoms in total. The maximum atomic E-state index is 12.5. The minimum atomic E-state index is -0.606. The summed E-state index contributed by atoms with van der Waals surface area (Å²) in [6, 6.07) is 9.33. The zero-order valence-electron chi connectivity index (χ0n) is 14.4. The lowest BCUT2D eigenvalue weighted by atomic mass is 10.0. The van der Waals surface area contributed by atoms with E-state index in [9.17, 15) is 15.2 Å². The number of azo groups is 1. The van der Waals surface area contributed by atoms with E-state index < -0.39 is 11.4 Å². The molecule has 2 rings (SSSR count). The molecule has 130 valence electrons. The molecule has 25 heavy (non-hydrogen) atoms. The number of aromatic hydroxyl groups is 1. The zero-order valence-corrected chi connectivity index (χ0v) is 14.4. The highest BCUT2D eigenvalue weighted by molar-refractivity contribution is 5.56. The van der Waals surface area contributed by atoms with Gasteiger partial charge in [0.05, 0.1) is 18.8 Å². The number of nitriles is 1. The number of aliphatic hydroxyl groups is 1. The van der Waals surface area contributed by atoms with Gasteiger partial charge in [-0.25, -0.2) is 0 Å². The molecule has 0 bridgehead atoms. The van der Waals surface area contributed by atoms with Crippen molar-refractivity contribution in [1.29, 1.82) is 5.26 Å². The standard InChI is InChI=1S/C18H20N4O3/c1-11(2)13-4-6-14(7-5-13)20-21-16-12(3)15(10-19)17(24)22(8-9-23)18(16)25/h4-7,11,23-24H,8-9H2,1-3H3. The number of aliphatic hydroxyl groups excluding tert-OH is 1. The third-order valence-electron chi connectivity index (χ3n) is 3.92. The Labute approximate surface area is 145 Å². The van der Waals surface area contributed by atoms with Gasteiger partial charge in [-0.05, 0) is 30.5 Å². The molecule has 0 unspecified atom stereocenters. The van der Waals surface area contributed by atoms with Crippen LogP contribution in [0.5, 0.6) is 5.88 Å². The molecule has 0 saturated heterocycles. The highest BCUT2D eigenvalue weighted by atomic mass is 16.3. The van der Waals surface area contributed by atoms with Crippen LogP contribution in [0.1, 0.15) is 36.5 Å². The first kappa shape index (κ1) is 18.4. The highest BCUT2D eigenvalue weighted by Gasteiger charge is 2.18. The molecule has 1 aromatic heterocycles. The van der Waals surface area contributed by atoms with E-state index in [0.717, 1.165) is 10.1 Å². The number of pyridine rings is 1. The summed E-state index contributed by atoms with van der Waals surface area (Å²) >= 11 is 0. The molecular formula is C18H20N4O3. The SMILES string of the molecule is Cc1c(C#N)c(O)n(CCO)c(=O)c1N=Nc1ccc(C(C)C)cc1. The first-order valence-corrected chi connectivity index (χ1v) is 7.89. The summed E-state index contributed by atoms with van der Waals surface area (Å²) in [6.45, 7) is 5.21. The second-order valence-electron chi connectivity index (χ2n) is 5.91. The van der Waals surface area contributed by atoms with Crippen molar-refractivity contribution in [3.05, 3.63) is 51.3 Å². The topological polar surface area (TPSA) is 111 Å². The number of aromatic nitrogens is 1. The number of nitrogens with zero attached hydrogens (tertiary/aromatic N) is 4. The van der Waals surface area contributed by atoms with Crippen LogP contribution < -0.4 is 5.56 Å². The molecule has 1 heterocycles. The van der Waals surface area contributed by atoms with Crippen LogP contribution in [0.2, 0.25) is 0 Å². The van der Waals surface area contributed by atoms with Crippen LogP contribution in [0.15, 0.2) is 39.3 Å². The Kier molecular flexibility index (Phi) is 5.67. The van der Waals surface area contributed by atoms with E-state index in [0.29, 0.717) is 11.6 Å². The van der Waals surface area contributed by atoms with Crippen LogP contribution in [-0.2, 0) is 6.54 Å². The first-order chi connectivity index (χ1) is 11.9. The van der Waals surface area contributed by atoms with Gasteiger partial charge in [-0.3, -0.25) is 9.36 Å². The zero-order chi connectivity index (χ0) is 18.6. The molecule has 0 radical (unpaired) electrons. The average molecular weight is 340 g/mol. The molecule has 0 saturated carbocycles. The fraction of sp³-hybridized carbons (Fsp3) is 0.333. The number of hydrogen-bond donors (Lipinski definition) is 2. The van der Waals surface area contributed by atoms with Gasteiger partial charge < -0.3 is 10.2 Å². The summed E-state index contributed by atoms with van der Waals surface area (Å²) in [4.78, 5) is 12.5. The van der Waals surface area contributed by atoms with Gasteiger partial charge in [0.15, 0.2) is 5.69 Å². The average Bonchev–Trinajstić information content (AvgIpc) is 2.59. The Balaban J connectivity index is 2.50. The fourth-order valence-electron chi connectivity index (χ4n) is 2.40. The maximum absolute atomic E-state index is 12.5. The van der Waals surface area contributed by atoms with Crippen LogP contribution in [0, 0.1) is 18.3 Å². The number of rotatable bonds is 5. The second kappa shape index (κ2) is 7.73. The van der Waals surface area contributed by atoms with E-state index in [1.807, 2.05) is 18.2 Å². The van der Waals surface area contributed by atoms with Gasteiger partial charge in [-0.1, -0.05) is 26.0 Å². The van der Waals surface area contributed by atoms with Crippen LogP contribution in [0.4, 0.5) is 11.4 Å². The minimum Gasteiger partial charge on any atom is -0.493 e. The van der Waals surface area contributed by atoms with Gasteiger partial charge in [0.1, 0.15) is 11.6 Å². The third kappa shape index (κ3) is 3.75. The second-order valence-corrected chi connectivity index (χ2v) is 5.91. The molecule has 7 heteroatoms. The molecular weight excluding hydrogens is 320 g/mol. The quantitative estimate of drug-likeness (QED) is 0.814. The maximum Gasteiger partial charge on any atom is 0.281 e. The third-order valence-corrected chi connectivity index (χ3v) is 3.92. The fourth-order valence-corrected chi connectivity index (χ4v) is 2.40. The van der Waals surface area contributed by atoms with Crippen molar-refractivity contribution in [2.75, 3.05) is 6.61 Å². The highest BCUT2D eigenvalue weighted by Crippen LogP contribution is 2.27. The van der Waals surface area contributed by atoms with E-state index in [1.54, 1.807) is 12.1 Å². The van der Waals surface area contributed by atoms with Crippen molar-refractivity contribution in [2.45, 2.75) is 33.2 Å². The van der Waals surface area contributed by atoms with Gasteiger partial charge >= 0.3 is 0 Å². The van der Waals surface area contributed by atoms with Crippen LogP contribution in [0.25, 0.3) is 0 Å². The van der Waals surface area contributed by atoms with Crippen molar-refractivity contribution in [3.63, 3.8) is 0 Å². The minimum absolute atomic E-state index is 0.0317. The van der Waals surface area contributed by atoms with E-state index in [4.69, 9.17) is 5.11 Å². The predicted octanol–water partition coefficient (Wildman–Crippen LogP) is 3.27. The number of hydrogen-bond acceptors (Lipinski definition) is 6. The summed E-state index contributed by atoms with van der Waals surface area (Å²) in [6.07, 6.45) is 0. The summed E-state index contributed by atoms with van der Waals surface area (Å²) in [5.41, 5.74) is 1.29. The first-order valence-electron chi connectivity index (χ1n) is 7.89. The molecule has 0 fully saturated rings. The molecule has 0 atom stereocenters. The molecule has 0 spiro atoms. The Morgan fingerprint density at radius 1 is 1.24 bits per heavy atom. The van der Waals surface area contributed by atoms with Crippen LogP contribution in [0.3, 0.4) is 0 Å².